The molecule has 4 rings (SSSR count). The molecule has 0 amide bonds. The van der Waals surface area contributed by atoms with Gasteiger partial charge in [-0.15, -0.1) is 17.7 Å². The van der Waals surface area contributed by atoms with Crippen LogP contribution in [0.25, 0.3) is 0 Å². The third-order valence-corrected chi connectivity index (χ3v) is 6.53. The summed E-state index contributed by atoms with van der Waals surface area (Å²) in [5, 5.41) is 4.19. The Morgan fingerprint density at radius 1 is 0.733 bits per heavy atom. The molecule has 0 spiro atoms. The van der Waals surface area contributed by atoms with Crippen molar-refractivity contribution in [2.45, 2.75) is 6.54 Å². The van der Waals surface area contributed by atoms with Crippen LogP contribution in [0.1, 0.15) is 5.56 Å². The van der Waals surface area contributed by atoms with Gasteiger partial charge in [-0.25, -0.2) is 4.39 Å². The molecule has 0 aliphatic rings. The Kier molecular flexibility index (Phi) is 11.8. The second-order valence-electron chi connectivity index (χ2n) is 6.08. The molecule has 1 nitrogen and oxygen atoms in total. The summed E-state index contributed by atoms with van der Waals surface area (Å²) >= 11 is 5.35. The van der Waals surface area contributed by atoms with E-state index in [1.165, 1.54) is 34.1 Å². The van der Waals surface area contributed by atoms with Crippen LogP contribution in [0.3, 0.4) is 0 Å². The Morgan fingerprint density at radius 2 is 1.13 bits per heavy atom. The van der Waals surface area contributed by atoms with Crippen LogP contribution in [0.5, 0.6) is 0 Å². The summed E-state index contributed by atoms with van der Waals surface area (Å²) in [6.45, 7) is 0.345. The quantitative estimate of drug-likeness (QED) is 0.199. The summed E-state index contributed by atoms with van der Waals surface area (Å²) in [6, 6.07) is 39.4. The van der Waals surface area contributed by atoms with Gasteiger partial charge in [0.2, 0.25) is 0 Å². The molecule has 5 heteroatoms. The van der Waals surface area contributed by atoms with Crippen molar-refractivity contribution >= 4 is 37.3 Å². The molecule has 0 saturated carbocycles. The molecule has 2 N–H and O–H groups in total. The van der Waals surface area contributed by atoms with E-state index in [-0.39, 0.29) is 5.82 Å². The Morgan fingerprint density at radius 3 is 1.43 bits per heavy atom. The molecular formula is C25H22BrFNPPd. The van der Waals surface area contributed by atoms with Crippen LogP contribution in [0.15, 0.2) is 109 Å². The molecule has 0 heterocycles. The SMILES string of the molecule is NCc1[c-]ccc(F)c1.[Br][Pd+].c1ccc(P(c2ccccc2)c2ccccc2)cc1. The molecule has 30 heavy (non-hydrogen) atoms. The molecule has 0 aliphatic heterocycles. The second-order valence-corrected chi connectivity index (χ2v) is 8.30. The number of halogens is 2. The first-order chi connectivity index (χ1) is 14.8. The van der Waals surface area contributed by atoms with Crippen LogP contribution in [-0.4, -0.2) is 0 Å². The van der Waals surface area contributed by atoms with E-state index in [1.807, 2.05) is 0 Å². The summed E-state index contributed by atoms with van der Waals surface area (Å²) in [4.78, 5) is 0. The molecule has 156 valence electrons. The predicted molar refractivity (Wildman–Crippen MR) is 127 cm³/mol. The molecule has 0 aliphatic carbocycles. The van der Waals surface area contributed by atoms with Crippen molar-refractivity contribution in [2.75, 3.05) is 0 Å². The van der Waals surface area contributed by atoms with Crippen LogP contribution < -0.4 is 21.6 Å². The third kappa shape index (κ3) is 7.88. The minimum absolute atomic E-state index is 0.255. The molecule has 4 aromatic rings. The average Bonchev–Trinajstić information content (AvgIpc) is 2.83. The second kappa shape index (κ2) is 14.4. The Hall–Kier alpha value is -1.66. The topological polar surface area (TPSA) is 26.0 Å². The van der Waals surface area contributed by atoms with E-state index in [2.05, 4.69) is 128 Å². The Balaban J connectivity index is 0.000000245. The molecule has 0 radical (unpaired) electrons. The maximum absolute atomic E-state index is 12.3. The van der Waals surface area contributed by atoms with Gasteiger partial charge in [-0.2, -0.15) is 12.1 Å². The third-order valence-electron chi connectivity index (χ3n) is 4.09. The molecular weight excluding hydrogens is 551 g/mol. The van der Waals surface area contributed by atoms with E-state index >= 15 is 0 Å². The number of benzene rings is 4. The summed E-state index contributed by atoms with van der Waals surface area (Å²) in [5.41, 5.74) is 5.92. The first kappa shape index (κ1) is 24.6. The summed E-state index contributed by atoms with van der Waals surface area (Å²) < 4.78 is 12.3. The van der Waals surface area contributed by atoms with Gasteiger partial charge in [0.05, 0.1) is 0 Å². The summed E-state index contributed by atoms with van der Waals surface area (Å²) in [5.74, 6) is -0.255. The Labute approximate surface area is 196 Å². The van der Waals surface area contributed by atoms with Crippen molar-refractivity contribution in [3.05, 3.63) is 127 Å². The summed E-state index contributed by atoms with van der Waals surface area (Å²) in [7, 11) is -0.446. The molecule has 4 aromatic carbocycles. The molecule has 0 saturated heterocycles. The van der Waals surface area contributed by atoms with Crippen LogP contribution >= 0.6 is 21.4 Å². The van der Waals surface area contributed by atoms with E-state index in [1.54, 1.807) is 0 Å². The van der Waals surface area contributed by atoms with Gasteiger partial charge in [-0.3, -0.25) is 0 Å². The van der Waals surface area contributed by atoms with Crippen molar-refractivity contribution in [1.29, 1.82) is 0 Å². The minimum atomic E-state index is -0.446. The fraction of sp³-hybridized carbons (Fsp3) is 0.0400. The van der Waals surface area contributed by atoms with Gasteiger partial charge in [0.25, 0.3) is 0 Å². The van der Waals surface area contributed by atoms with Gasteiger partial charge in [0, 0.05) is 5.82 Å². The van der Waals surface area contributed by atoms with Crippen LogP contribution in [0.2, 0.25) is 0 Å². The molecule has 0 fully saturated rings. The maximum Gasteiger partial charge on any atom is -0.0134 e. The first-order valence-corrected chi connectivity index (χ1v) is 14.1. The zero-order valence-electron chi connectivity index (χ0n) is 16.2. The maximum atomic E-state index is 12.3. The fourth-order valence-corrected chi connectivity index (χ4v) is 5.09. The van der Waals surface area contributed by atoms with E-state index in [4.69, 9.17) is 5.73 Å². The molecule has 0 bridgehead atoms. The van der Waals surface area contributed by atoms with Gasteiger partial charge in [0.15, 0.2) is 0 Å². The van der Waals surface area contributed by atoms with Gasteiger partial charge in [0.1, 0.15) is 0 Å². The van der Waals surface area contributed by atoms with Crippen LogP contribution in [0, 0.1) is 11.9 Å². The van der Waals surface area contributed by atoms with Gasteiger partial charge in [-0.1, -0.05) is 91.0 Å². The number of nitrogens with two attached hydrogens (primary N) is 1. The van der Waals surface area contributed by atoms with Crippen molar-refractivity contribution < 1.29 is 21.6 Å². The van der Waals surface area contributed by atoms with Crippen molar-refractivity contribution in [2.24, 2.45) is 5.73 Å². The zero-order chi connectivity index (χ0) is 21.6. The van der Waals surface area contributed by atoms with Gasteiger partial charge >= 0.3 is 30.6 Å². The van der Waals surface area contributed by atoms with E-state index in [0.717, 1.165) is 0 Å². The smallest absolute Gasteiger partial charge is 0.0134 e. The fourth-order valence-electron chi connectivity index (χ4n) is 2.78. The minimum Gasteiger partial charge on any atom is -0.0622 e. The molecule has 0 aromatic heterocycles. The largest absolute Gasteiger partial charge is 0.0622 e. The Bertz CT molecular complexity index is 878. The monoisotopic (exact) mass is 571 g/mol. The number of rotatable bonds is 4. The average molecular weight is 573 g/mol. The van der Waals surface area contributed by atoms with Crippen LogP contribution in [0.4, 0.5) is 4.39 Å². The van der Waals surface area contributed by atoms with E-state index in [0.29, 0.717) is 12.1 Å². The summed E-state index contributed by atoms with van der Waals surface area (Å²) in [6.07, 6.45) is 0. The zero-order valence-corrected chi connectivity index (χ0v) is 20.2. The van der Waals surface area contributed by atoms with Crippen LogP contribution in [-0.2, 0) is 23.7 Å². The van der Waals surface area contributed by atoms with Crippen molar-refractivity contribution in [3.63, 3.8) is 0 Å². The number of hydrogen-bond donors (Lipinski definition) is 1. The van der Waals surface area contributed by atoms with Crippen molar-refractivity contribution in [3.8, 4) is 0 Å². The van der Waals surface area contributed by atoms with Gasteiger partial charge in [-0.05, 0) is 30.4 Å². The predicted octanol–water partition coefficient (Wildman–Crippen LogP) is 5.37. The normalized spacial score (nSPS) is 9.80. The molecule has 0 unspecified atom stereocenters. The first-order valence-electron chi connectivity index (χ1n) is 9.21. The van der Waals surface area contributed by atoms with Gasteiger partial charge < -0.3 is 5.73 Å². The number of hydrogen-bond acceptors (Lipinski definition) is 1. The van der Waals surface area contributed by atoms with E-state index in [9.17, 15) is 4.39 Å². The van der Waals surface area contributed by atoms with Crippen molar-refractivity contribution in [1.82, 2.24) is 0 Å². The van der Waals surface area contributed by atoms with E-state index < -0.39 is 7.92 Å². The molecule has 0 atom stereocenters. The standard InChI is InChI=1S/C18H15P.C7H7FN.BrH.Pd/c1-4-10-16(11-5-1)19(17-12-6-2-7-13-17)18-14-8-3-9-15-18;8-7-3-1-2-6(4-7)5-9;;/h1-15H;1,3-4H,5,9H2;1H;/q;-1;;+2/p-1.